The van der Waals surface area contributed by atoms with Crippen LogP contribution in [-0.2, 0) is 4.79 Å². The average Bonchev–Trinajstić information content (AvgIpc) is 2.91. The minimum absolute atomic E-state index is 0.227. The van der Waals surface area contributed by atoms with E-state index in [1.807, 2.05) is 0 Å². The largest absolute Gasteiger partial charge is 0.396 e. The standard InChI is InChI=1S/C16H30N2O2/c19-13-5-9-15-8-4-11-18(15)12-10-16(20)17-14-6-2-1-3-7-14/h14-15,19H,1-13H2,(H,17,20). The first-order valence-electron chi connectivity index (χ1n) is 8.44. The maximum Gasteiger partial charge on any atom is 0.221 e. The lowest BCUT2D eigenvalue weighted by Crippen LogP contribution is -2.39. The highest BCUT2D eigenvalue weighted by molar-refractivity contribution is 5.76. The summed E-state index contributed by atoms with van der Waals surface area (Å²) in [6.07, 6.45) is 11.2. The van der Waals surface area contributed by atoms with Gasteiger partial charge in [0.2, 0.25) is 5.91 Å². The lowest BCUT2D eigenvalue weighted by molar-refractivity contribution is -0.122. The van der Waals surface area contributed by atoms with E-state index in [9.17, 15) is 4.79 Å². The number of aliphatic hydroxyl groups is 1. The smallest absolute Gasteiger partial charge is 0.221 e. The van der Waals surface area contributed by atoms with Gasteiger partial charge >= 0.3 is 0 Å². The number of aliphatic hydroxyl groups excluding tert-OH is 1. The van der Waals surface area contributed by atoms with Crippen molar-refractivity contribution < 1.29 is 9.90 Å². The third kappa shape index (κ3) is 5.06. The van der Waals surface area contributed by atoms with Crippen LogP contribution in [0.4, 0.5) is 0 Å². The molecule has 1 aliphatic carbocycles. The van der Waals surface area contributed by atoms with Gasteiger partial charge in [0.1, 0.15) is 0 Å². The first-order chi connectivity index (χ1) is 9.79. The van der Waals surface area contributed by atoms with Crippen LogP contribution in [0.15, 0.2) is 0 Å². The Labute approximate surface area is 122 Å². The molecule has 1 saturated heterocycles. The molecule has 1 saturated carbocycles. The van der Waals surface area contributed by atoms with Gasteiger partial charge in [-0.3, -0.25) is 9.69 Å². The van der Waals surface area contributed by atoms with Crippen molar-refractivity contribution in [2.45, 2.75) is 76.3 Å². The Kier molecular flexibility index (Phi) is 6.80. The van der Waals surface area contributed by atoms with Gasteiger partial charge in [0.25, 0.3) is 0 Å². The van der Waals surface area contributed by atoms with E-state index in [2.05, 4.69) is 10.2 Å². The maximum atomic E-state index is 12.0. The molecule has 0 aromatic heterocycles. The number of carbonyl (C=O) groups is 1. The van der Waals surface area contributed by atoms with Gasteiger partial charge in [-0.15, -0.1) is 0 Å². The predicted molar refractivity (Wildman–Crippen MR) is 80.5 cm³/mol. The van der Waals surface area contributed by atoms with Gasteiger partial charge < -0.3 is 10.4 Å². The molecule has 116 valence electrons. The molecule has 1 amide bonds. The average molecular weight is 282 g/mol. The van der Waals surface area contributed by atoms with E-state index in [0.717, 1.165) is 38.8 Å². The SMILES string of the molecule is O=C(CCN1CCCC1CCCO)NC1CCCCC1. The summed E-state index contributed by atoms with van der Waals surface area (Å²) in [5, 5.41) is 12.1. The normalized spacial score (nSPS) is 24.9. The zero-order valence-electron chi connectivity index (χ0n) is 12.6. The molecule has 2 aliphatic rings. The van der Waals surface area contributed by atoms with Gasteiger partial charge in [-0.05, 0) is 45.1 Å². The topological polar surface area (TPSA) is 52.6 Å². The summed E-state index contributed by atoms with van der Waals surface area (Å²) in [7, 11) is 0. The number of carbonyl (C=O) groups excluding carboxylic acids is 1. The second-order valence-electron chi connectivity index (χ2n) is 6.35. The van der Waals surface area contributed by atoms with Crippen LogP contribution in [0.25, 0.3) is 0 Å². The number of nitrogens with zero attached hydrogens (tertiary/aromatic N) is 1. The number of likely N-dealkylation sites (tertiary alicyclic amines) is 1. The van der Waals surface area contributed by atoms with Crippen molar-refractivity contribution in [2.75, 3.05) is 19.7 Å². The van der Waals surface area contributed by atoms with E-state index in [4.69, 9.17) is 5.11 Å². The van der Waals surface area contributed by atoms with Crippen LogP contribution in [-0.4, -0.2) is 47.7 Å². The van der Waals surface area contributed by atoms with Gasteiger partial charge in [0, 0.05) is 31.7 Å². The van der Waals surface area contributed by atoms with Crippen molar-refractivity contribution in [2.24, 2.45) is 0 Å². The number of hydrogen-bond donors (Lipinski definition) is 2. The lowest BCUT2D eigenvalue weighted by atomic mass is 9.95. The van der Waals surface area contributed by atoms with Crippen molar-refractivity contribution >= 4 is 5.91 Å². The molecule has 0 spiro atoms. The highest BCUT2D eigenvalue weighted by atomic mass is 16.2. The highest BCUT2D eigenvalue weighted by Gasteiger charge is 2.24. The van der Waals surface area contributed by atoms with Crippen molar-refractivity contribution in [3.8, 4) is 0 Å². The number of rotatable bonds is 7. The second kappa shape index (κ2) is 8.63. The summed E-state index contributed by atoms with van der Waals surface area (Å²) in [6.45, 7) is 2.29. The van der Waals surface area contributed by atoms with Crippen LogP contribution in [0.5, 0.6) is 0 Å². The molecule has 0 aromatic rings. The van der Waals surface area contributed by atoms with Gasteiger partial charge in [-0.1, -0.05) is 19.3 Å². The molecule has 1 heterocycles. The third-order valence-electron chi connectivity index (χ3n) is 4.79. The van der Waals surface area contributed by atoms with E-state index in [1.54, 1.807) is 0 Å². The summed E-state index contributed by atoms with van der Waals surface area (Å²) < 4.78 is 0. The molecule has 4 nitrogen and oxygen atoms in total. The third-order valence-corrected chi connectivity index (χ3v) is 4.79. The van der Waals surface area contributed by atoms with Crippen molar-refractivity contribution in [3.63, 3.8) is 0 Å². The van der Waals surface area contributed by atoms with E-state index >= 15 is 0 Å². The van der Waals surface area contributed by atoms with E-state index in [-0.39, 0.29) is 12.5 Å². The molecule has 2 rings (SSSR count). The molecular formula is C16H30N2O2. The van der Waals surface area contributed by atoms with E-state index < -0.39 is 0 Å². The molecule has 2 N–H and O–H groups in total. The Balaban J connectivity index is 1.64. The summed E-state index contributed by atoms with van der Waals surface area (Å²) in [5.41, 5.74) is 0. The number of hydrogen-bond acceptors (Lipinski definition) is 3. The fourth-order valence-corrected chi connectivity index (χ4v) is 3.64. The zero-order chi connectivity index (χ0) is 14.2. The van der Waals surface area contributed by atoms with Crippen molar-refractivity contribution in [1.82, 2.24) is 10.2 Å². The van der Waals surface area contributed by atoms with Crippen LogP contribution < -0.4 is 5.32 Å². The zero-order valence-corrected chi connectivity index (χ0v) is 12.6. The fourth-order valence-electron chi connectivity index (χ4n) is 3.64. The first-order valence-corrected chi connectivity index (χ1v) is 8.44. The molecule has 0 aromatic carbocycles. The van der Waals surface area contributed by atoms with Crippen molar-refractivity contribution in [1.29, 1.82) is 0 Å². The predicted octanol–water partition coefficient (Wildman–Crippen LogP) is 2.06. The minimum atomic E-state index is 0.227. The molecule has 1 atom stereocenters. The van der Waals surface area contributed by atoms with Gasteiger partial charge in [-0.25, -0.2) is 0 Å². The summed E-state index contributed by atoms with van der Waals surface area (Å²) >= 11 is 0. The van der Waals surface area contributed by atoms with Crippen LogP contribution in [0, 0.1) is 0 Å². The van der Waals surface area contributed by atoms with Crippen LogP contribution in [0.2, 0.25) is 0 Å². The monoisotopic (exact) mass is 282 g/mol. The molecule has 4 heteroatoms. The molecule has 1 aliphatic heterocycles. The van der Waals surface area contributed by atoms with Gasteiger partial charge in [0.05, 0.1) is 0 Å². The van der Waals surface area contributed by atoms with Gasteiger partial charge in [-0.2, -0.15) is 0 Å². The Morgan fingerprint density at radius 2 is 1.95 bits per heavy atom. The highest BCUT2D eigenvalue weighted by Crippen LogP contribution is 2.21. The molecule has 0 radical (unpaired) electrons. The number of amides is 1. The van der Waals surface area contributed by atoms with E-state index in [1.165, 1.54) is 32.1 Å². The Bertz CT molecular complexity index is 290. The fraction of sp³-hybridized carbons (Fsp3) is 0.938. The minimum Gasteiger partial charge on any atom is -0.396 e. The number of nitrogens with one attached hydrogen (secondary N) is 1. The van der Waals surface area contributed by atoms with Crippen LogP contribution >= 0.6 is 0 Å². The summed E-state index contributed by atoms with van der Waals surface area (Å²) in [6, 6.07) is 1.02. The van der Waals surface area contributed by atoms with E-state index in [0.29, 0.717) is 18.5 Å². The Hall–Kier alpha value is -0.610. The quantitative estimate of drug-likeness (QED) is 0.751. The maximum absolute atomic E-state index is 12.0. The molecule has 0 bridgehead atoms. The molecule has 20 heavy (non-hydrogen) atoms. The van der Waals surface area contributed by atoms with Crippen molar-refractivity contribution in [3.05, 3.63) is 0 Å². The summed E-state index contributed by atoms with van der Waals surface area (Å²) in [5.74, 6) is 0.227. The molecule has 1 unspecified atom stereocenters. The van der Waals surface area contributed by atoms with Gasteiger partial charge in [0.15, 0.2) is 0 Å². The molecule has 2 fully saturated rings. The van der Waals surface area contributed by atoms with Crippen LogP contribution in [0.3, 0.4) is 0 Å². The Morgan fingerprint density at radius 1 is 1.15 bits per heavy atom. The van der Waals surface area contributed by atoms with Crippen LogP contribution in [0.1, 0.15) is 64.2 Å². The first kappa shape index (κ1) is 15.8. The summed E-state index contributed by atoms with van der Waals surface area (Å²) in [4.78, 5) is 14.5. The second-order valence-corrected chi connectivity index (χ2v) is 6.35. The molecular weight excluding hydrogens is 252 g/mol. The Morgan fingerprint density at radius 3 is 2.70 bits per heavy atom. The lowest BCUT2D eigenvalue weighted by Gasteiger charge is -2.26.